The van der Waals surface area contributed by atoms with Crippen LogP contribution in [0.25, 0.3) is 21.8 Å². The Kier molecular flexibility index (Phi) is 4.30. The Morgan fingerprint density at radius 2 is 1.56 bits per heavy atom. The van der Waals surface area contributed by atoms with Crippen molar-refractivity contribution in [3.63, 3.8) is 0 Å². The maximum absolute atomic E-state index is 14.5. The normalized spacial score (nSPS) is 17.5. The summed E-state index contributed by atoms with van der Waals surface area (Å²) in [6.07, 6.45) is 4.05. The molecule has 0 spiro atoms. The van der Waals surface area contributed by atoms with Gasteiger partial charge in [0.1, 0.15) is 16.9 Å². The van der Waals surface area contributed by atoms with Gasteiger partial charge >= 0.3 is 0 Å². The number of fused-ring (bicyclic) bond motifs is 3. The molecule has 1 atom stereocenters. The van der Waals surface area contributed by atoms with Crippen LogP contribution in [0.1, 0.15) is 16.7 Å². The van der Waals surface area contributed by atoms with E-state index in [9.17, 15) is 4.79 Å². The van der Waals surface area contributed by atoms with Gasteiger partial charge in [-0.1, -0.05) is 18.2 Å². The number of aromatic nitrogens is 2. The van der Waals surface area contributed by atoms with E-state index in [0.717, 1.165) is 49.9 Å². The maximum atomic E-state index is 14.5. The monoisotopic (exact) mass is 451 g/mol. The van der Waals surface area contributed by atoms with Crippen LogP contribution in [0, 0.1) is 0 Å². The van der Waals surface area contributed by atoms with Gasteiger partial charge in [0.25, 0.3) is 0 Å². The van der Waals surface area contributed by atoms with Gasteiger partial charge < -0.3 is 23.9 Å². The molecule has 0 unspecified atom stereocenters. The van der Waals surface area contributed by atoms with E-state index in [1.54, 1.807) is 19.1 Å². The van der Waals surface area contributed by atoms with Crippen molar-refractivity contribution in [3.8, 4) is 11.5 Å². The predicted molar refractivity (Wildman–Crippen MR) is 134 cm³/mol. The topological polar surface area (TPSA) is 59.5 Å². The molecule has 0 bridgehead atoms. The molecule has 6 heteroatoms. The number of carbonyl (C=O) groups excluding carboxylic acids is 1. The summed E-state index contributed by atoms with van der Waals surface area (Å²) in [5.41, 5.74) is 4.56. The molecule has 6 rings (SSSR count). The molecule has 170 valence electrons. The van der Waals surface area contributed by atoms with Crippen LogP contribution in [0.15, 0.2) is 73.1 Å². The van der Waals surface area contributed by atoms with Gasteiger partial charge in [-0.2, -0.15) is 0 Å². The van der Waals surface area contributed by atoms with Crippen LogP contribution in [0.4, 0.5) is 5.69 Å². The van der Waals surface area contributed by atoms with Crippen molar-refractivity contribution >= 4 is 33.4 Å². The number of benzene rings is 3. The van der Waals surface area contributed by atoms with Gasteiger partial charge in [0, 0.05) is 70.7 Å². The fourth-order valence-corrected chi connectivity index (χ4v) is 5.56. The third kappa shape index (κ3) is 2.48. The first kappa shape index (κ1) is 20.4. The summed E-state index contributed by atoms with van der Waals surface area (Å²) in [6, 6.07) is 20.0. The van der Waals surface area contributed by atoms with Gasteiger partial charge in [0.15, 0.2) is 0 Å². The van der Waals surface area contributed by atoms with Crippen LogP contribution in [0.2, 0.25) is 0 Å². The van der Waals surface area contributed by atoms with Gasteiger partial charge in [-0.15, -0.1) is 0 Å². The predicted octanol–water partition coefficient (Wildman–Crippen LogP) is 4.99. The zero-order chi connectivity index (χ0) is 23.6. The Morgan fingerprint density at radius 1 is 0.824 bits per heavy atom. The van der Waals surface area contributed by atoms with E-state index in [1.165, 1.54) is 0 Å². The molecule has 0 fully saturated rings. The molecule has 6 nitrogen and oxygen atoms in total. The molecule has 1 aliphatic rings. The van der Waals surface area contributed by atoms with Crippen molar-refractivity contribution in [3.05, 3.63) is 89.7 Å². The van der Waals surface area contributed by atoms with E-state index >= 15 is 0 Å². The lowest BCUT2D eigenvalue weighted by Crippen LogP contribution is -2.40. The quantitative estimate of drug-likeness (QED) is 0.419. The fourth-order valence-electron chi connectivity index (χ4n) is 5.56. The van der Waals surface area contributed by atoms with Gasteiger partial charge in [-0.25, -0.2) is 0 Å². The smallest absolute Gasteiger partial charge is 0.246 e. The minimum atomic E-state index is -1.07. The highest BCUT2D eigenvalue weighted by Gasteiger charge is 2.55. The average molecular weight is 452 g/mol. The van der Waals surface area contributed by atoms with E-state index in [0.29, 0.717) is 5.75 Å². The average Bonchev–Trinajstić information content (AvgIpc) is 3.51. The number of hydrogen-bond acceptors (Lipinski definition) is 3. The number of methoxy groups -OCH3 is 2. The number of anilines is 1. The molecular formula is C28H25N3O3. The van der Waals surface area contributed by atoms with Gasteiger partial charge in [-0.05, 0) is 42.5 Å². The molecule has 34 heavy (non-hydrogen) atoms. The largest absolute Gasteiger partial charge is 0.497 e. The summed E-state index contributed by atoms with van der Waals surface area (Å²) in [6.45, 7) is 0. The number of rotatable bonds is 4. The van der Waals surface area contributed by atoms with Crippen molar-refractivity contribution < 1.29 is 14.3 Å². The number of aromatic amines is 1. The third-order valence-electron chi connectivity index (χ3n) is 7.19. The van der Waals surface area contributed by atoms with Crippen LogP contribution >= 0.6 is 0 Å². The Morgan fingerprint density at radius 3 is 2.35 bits per heavy atom. The first-order valence-electron chi connectivity index (χ1n) is 11.2. The number of aryl methyl sites for hydroxylation is 1. The Labute approximate surface area is 197 Å². The number of nitrogens with zero attached hydrogens (tertiary/aromatic N) is 2. The fraction of sp³-hybridized carbons (Fsp3) is 0.179. The summed E-state index contributed by atoms with van der Waals surface area (Å²) in [7, 11) is 7.17. The molecule has 0 aliphatic carbocycles. The van der Waals surface area contributed by atoms with Gasteiger partial charge in [0.2, 0.25) is 5.91 Å². The molecule has 1 N–H and O–H groups in total. The van der Waals surface area contributed by atoms with Crippen molar-refractivity contribution in [2.75, 3.05) is 26.2 Å². The number of likely N-dealkylation sites (N-methyl/N-ethyl adjacent to an activating group) is 1. The van der Waals surface area contributed by atoms with E-state index in [1.807, 2.05) is 74.9 Å². The summed E-state index contributed by atoms with van der Waals surface area (Å²) in [5.74, 6) is 1.46. The van der Waals surface area contributed by atoms with Crippen LogP contribution in [-0.2, 0) is 17.3 Å². The van der Waals surface area contributed by atoms with Gasteiger partial charge in [0.05, 0.1) is 14.2 Å². The van der Waals surface area contributed by atoms with E-state index < -0.39 is 5.41 Å². The summed E-state index contributed by atoms with van der Waals surface area (Å²) < 4.78 is 13.3. The van der Waals surface area contributed by atoms with Crippen molar-refractivity contribution in [2.24, 2.45) is 7.05 Å². The zero-order valence-corrected chi connectivity index (χ0v) is 19.5. The van der Waals surface area contributed by atoms with Crippen LogP contribution in [0.5, 0.6) is 11.5 Å². The zero-order valence-electron chi connectivity index (χ0n) is 19.5. The molecule has 3 heterocycles. The number of ether oxygens (including phenoxy) is 2. The van der Waals surface area contributed by atoms with E-state index in [-0.39, 0.29) is 5.91 Å². The lowest BCUT2D eigenvalue weighted by Gasteiger charge is -2.29. The number of nitrogens with one attached hydrogen (secondary N) is 1. The van der Waals surface area contributed by atoms with Crippen molar-refractivity contribution in [1.29, 1.82) is 0 Å². The lowest BCUT2D eigenvalue weighted by molar-refractivity contribution is -0.120. The van der Waals surface area contributed by atoms with E-state index in [4.69, 9.17) is 9.47 Å². The second kappa shape index (κ2) is 7.15. The van der Waals surface area contributed by atoms with Crippen LogP contribution < -0.4 is 14.4 Å². The molecule has 0 saturated carbocycles. The first-order chi connectivity index (χ1) is 16.5. The Balaban J connectivity index is 1.82. The molecule has 0 saturated heterocycles. The summed E-state index contributed by atoms with van der Waals surface area (Å²) in [5, 5.41) is 1.99. The Hall–Kier alpha value is -4.19. The highest BCUT2D eigenvalue weighted by molar-refractivity contribution is 6.16. The SMILES string of the molecule is COc1ccc2c(c1)[C@](c1c[nH]c3ccccc13)(c1cn(C)c3ccc(OC)cc13)C(=O)N2C. The highest BCUT2D eigenvalue weighted by atomic mass is 16.5. The molecular weight excluding hydrogens is 426 g/mol. The molecule has 1 amide bonds. The first-order valence-corrected chi connectivity index (χ1v) is 11.2. The maximum Gasteiger partial charge on any atom is 0.246 e. The number of carbonyl (C=O) groups is 1. The standard InChI is InChI=1S/C28H25N3O3/c1-30-16-23(20-13-17(33-3)9-11-25(20)30)28(22-15-29-24-8-6-5-7-19(22)24)21-14-18(34-4)10-12-26(21)31(2)27(28)32/h5-16,29H,1-4H3/t28-/m0/s1. The number of para-hydroxylation sites is 1. The summed E-state index contributed by atoms with van der Waals surface area (Å²) in [4.78, 5) is 19.6. The van der Waals surface area contributed by atoms with Gasteiger partial charge in [-0.3, -0.25) is 4.79 Å². The number of hydrogen-bond donors (Lipinski definition) is 1. The molecule has 1 aliphatic heterocycles. The van der Waals surface area contributed by atoms with Crippen LogP contribution in [-0.4, -0.2) is 36.7 Å². The van der Waals surface area contributed by atoms with E-state index in [2.05, 4.69) is 21.8 Å². The Bertz CT molecular complexity index is 1600. The second-order valence-electron chi connectivity index (χ2n) is 8.78. The molecule has 2 aromatic heterocycles. The van der Waals surface area contributed by atoms with Crippen molar-refractivity contribution in [2.45, 2.75) is 5.41 Å². The summed E-state index contributed by atoms with van der Waals surface area (Å²) >= 11 is 0. The molecule has 5 aromatic rings. The number of amides is 1. The van der Waals surface area contributed by atoms with Crippen molar-refractivity contribution in [1.82, 2.24) is 9.55 Å². The highest BCUT2D eigenvalue weighted by Crippen LogP contribution is 2.54. The number of H-pyrrole nitrogens is 1. The minimum Gasteiger partial charge on any atom is -0.497 e. The van der Waals surface area contributed by atoms with Crippen LogP contribution in [0.3, 0.4) is 0 Å². The minimum absolute atomic E-state index is 0.00386. The molecule has 0 radical (unpaired) electrons. The second-order valence-corrected chi connectivity index (χ2v) is 8.78. The third-order valence-corrected chi connectivity index (χ3v) is 7.19. The molecule has 3 aromatic carbocycles. The lowest BCUT2D eigenvalue weighted by atomic mass is 9.70.